The summed E-state index contributed by atoms with van der Waals surface area (Å²) in [5, 5.41) is 0. The third-order valence-corrected chi connectivity index (χ3v) is 4.09. The van der Waals surface area contributed by atoms with Gasteiger partial charge in [0.05, 0.1) is 31.7 Å². The van der Waals surface area contributed by atoms with Crippen LogP contribution in [0.2, 0.25) is 0 Å². The molecule has 4 heteroatoms. The van der Waals surface area contributed by atoms with Crippen LogP contribution in [0.4, 0.5) is 0 Å². The molecule has 1 atom stereocenters. The van der Waals surface area contributed by atoms with Gasteiger partial charge in [0.2, 0.25) is 0 Å². The number of alkyl halides is 1. The lowest BCUT2D eigenvalue weighted by Crippen LogP contribution is -2.01. The zero-order valence-electron chi connectivity index (χ0n) is 11.7. The highest BCUT2D eigenvalue weighted by Gasteiger charge is 2.21. The Hall–Kier alpha value is -1.68. The molecule has 0 saturated carbocycles. The van der Waals surface area contributed by atoms with Gasteiger partial charge in [-0.15, -0.1) is 0 Å². The SMILES string of the molecule is COc1cc(OC)c(C(Br)c2ccccc2)c(OC)c1. The van der Waals surface area contributed by atoms with Crippen LogP contribution >= 0.6 is 15.9 Å². The maximum Gasteiger partial charge on any atom is 0.130 e. The van der Waals surface area contributed by atoms with Crippen LogP contribution in [0.1, 0.15) is 16.0 Å². The number of hydrogen-bond acceptors (Lipinski definition) is 3. The molecule has 2 rings (SSSR count). The predicted octanol–water partition coefficient (Wildman–Crippen LogP) is 4.20. The Bertz CT molecular complexity index is 544. The molecule has 0 saturated heterocycles. The van der Waals surface area contributed by atoms with E-state index in [1.165, 1.54) is 0 Å². The lowest BCUT2D eigenvalue weighted by molar-refractivity contribution is 0.369. The largest absolute Gasteiger partial charge is 0.496 e. The number of rotatable bonds is 5. The third kappa shape index (κ3) is 2.90. The number of methoxy groups -OCH3 is 3. The fourth-order valence-corrected chi connectivity index (χ4v) is 2.83. The molecule has 0 aromatic heterocycles. The molecule has 2 aromatic carbocycles. The first-order valence-corrected chi connectivity index (χ1v) is 7.11. The molecule has 0 fully saturated rings. The lowest BCUT2D eigenvalue weighted by atomic mass is 10.0. The second kappa shape index (κ2) is 6.66. The van der Waals surface area contributed by atoms with E-state index >= 15 is 0 Å². The molecule has 0 aliphatic heterocycles. The van der Waals surface area contributed by atoms with E-state index in [1.807, 2.05) is 30.3 Å². The van der Waals surface area contributed by atoms with Crippen LogP contribution in [0.5, 0.6) is 17.2 Å². The van der Waals surface area contributed by atoms with Crippen LogP contribution in [0.25, 0.3) is 0 Å². The summed E-state index contributed by atoms with van der Waals surface area (Å²) in [5.41, 5.74) is 2.08. The minimum absolute atomic E-state index is 0.0143. The molecule has 0 amide bonds. The number of halogens is 1. The first-order chi connectivity index (χ1) is 9.71. The van der Waals surface area contributed by atoms with Gasteiger partial charge in [-0.2, -0.15) is 0 Å². The molecular formula is C16H17BrO3. The van der Waals surface area contributed by atoms with Crippen molar-refractivity contribution in [3.8, 4) is 17.2 Å². The molecule has 0 spiro atoms. The second-order valence-corrected chi connectivity index (χ2v) is 5.13. The van der Waals surface area contributed by atoms with Crippen LogP contribution in [0.3, 0.4) is 0 Å². The lowest BCUT2D eigenvalue weighted by Gasteiger charge is -2.19. The zero-order valence-corrected chi connectivity index (χ0v) is 13.3. The van der Waals surface area contributed by atoms with Crippen molar-refractivity contribution < 1.29 is 14.2 Å². The van der Waals surface area contributed by atoms with Gasteiger partial charge in [0.1, 0.15) is 17.2 Å². The van der Waals surface area contributed by atoms with Gasteiger partial charge in [-0.3, -0.25) is 0 Å². The quantitative estimate of drug-likeness (QED) is 0.766. The van der Waals surface area contributed by atoms with Gasteiger partial charge < -0.3 is 14.2 Å². The van der Waals surface area contributed by atoms with Crippen LogP contribution in [-0.4, -0.2) is 21.3 Å². The van der Waals surface area contributed by atoms with E-state index in [0.29, 0.717) is 5.75 Å². The smallest absolute Gasteiger partial charge is 0.130 e. The Morgan fingerprint density at radius 3 is 1.85 bits per heavy atom. The van der Waals surface area contributed by atoms with Gasteiger partial charge in [0.15, 0.2) is 0 Å². The summed E-state index contributed by atoms with van der Waals surface area (Å²) in [4.78, 5) is -0.0143. The topological polar surface area (TPSA) is 27.7 Å². The van der Waals surface area contributed by atoms with Crippen LogP contribution in [0.15, 0.2) is 42.5 Å². The molecule has 106 valence electrons. The average Bonchev–Trinajstić information content (AvgIpc) is 2.53. The van der Waals surface area contributed by atoms with E-state index in [-0.39, 0.29) is 4.83 Å². The van der Waals surface area contributed by atoms with E-state index < -0.39 is 0 Å². The molecule has 3 nitrogen and oxygen atoms in total. The van der Waals surface area contributed by atoms with Crippen LogP contribution in [-0.2, 0) is 0 Å². The Kier molecular flexibility index (Phi) is 4.90. The zero-order chi connectivity index (χ0) is 14.5. The van der Waals surface area contributed by atoms with Crippen molar-refractivity contribution in [1.29, 1.82) is 0 Å². The van der Waals surface area contributed by atoms with Gasteiger partial charge in [0, 0.05) is 12.1 Å². The summed E-state index contributed by atoms with van der Waals surface area (Å²) in [6, 6.07) is 13.8. The molecule has 0 radical (unpaired) electrons. The van der Waals surface area contributed by atoms with E-state index in [4.69, 9.17) is 14.2 Å². The Morgan fingerprint density at radius 1 is 0.850 bits per heavy atom. The number of benzene rings is 2. The molecular weight excluding hydrogens is 320 g/mol. The standard InChI is InChI=1S/C16H17BrO3/c1-18-12-9-13(19-2)15(14(10-12)20-3)16(17)11-7-5-4-6-8-11/h4-10,16H,1-3H3. The van der Waals surface area contributed by atoms with Crippen molar-refractivity contribution in [3.63, 3.8) is 0 Å². The minimum Gasteiger partial charge on any atom is -0.496 e. The minimum atomic E-state index is -0.0143. The van der Waals surface area contributed by atoms with Gasteiger partial charge in [-0.25, -0.2) is 0 Å². The van der Waals surface area contributed by atoms with Gasteiger partial charge in [0.25, 0.3) is 0 Å². The molecule has 1 unspecified atom stereocenters. The molecule has 2 aromatic rings. The normalized spacial score (nSPS) is 11.8. The monoisotopic (exact) mass is 336 g/mol. The second-order valence-electron chi connectivity index (χ2n) is 4.22. The van der Waals surface area contributed by atoms with E-state index in [1.54, 1.807) is 21.3 Å². The van der Waals surface area contributed by atoms with Crippen molar-refractivity contribution in [2.45, 2.75) is 4.83 Å². The van der Waals surface area contributed by atoms with Crippen molar-refractivity contribution in [1.82, 2.24) is 0 Å². The van der Waals surface area contributed by atoms with Crippen molar-refractivity contribution in [2.75, 3.05) is 21.3 Å². The summed E-state index contributed by atoms with van der Waals surface area (Å²) in [5.74, 6) is 2.16. The summed E-state index contributed by atoms with van der Waals surface area (Å²) in [6.45, 7) is 0. The van der Waals surface area contributed by atoms with E-state index in [2.05, 4.69) is 28.1 Å². The molecule has 0 aliphatic carbocycles. The number of ether oxygens (including phenoxy) is 3. The fourth-order valence-electron chi connectivity index (χ4n) is 2.07. The van der Waals surface area contributed by atoms with Gasteiger partial charge >= 0.3 is 0 Å². The van der Waals surface area contributed by atoms with Gasteiger partial charge in [-0.05, 0) is 5.56 Å². The first kappa shape index (κ1) is 14.7. The number of hydrogen-bond donors (Lipinski definition) is 0. The third-order valence-electron chi connectivity index (χ3n) is 3.10. The maximum atomic E-state index is 5.48. The van der Waals surface area contributed by atoms with E-state index in [9.17, 15) is 0 Å². The summed E-state index contributed by atoms with van der Waals surface area (Å²) < 4.78 is 16.2. The highest BCUT2D eigenvalue weighted by molar-refractivity contribution is 9.09. The van der Waals surface area contributed by atoms with Crippen LogP contribution < -0.4 is 14.2 Å². The fraction of sp³-hybridized carbons (Fsp3) is 0.250. The maximum absolute atomic E-state index is 5.48. The molecule has 0 N–H and O–H groups in total. The predicted molar refractivity (Wildman–Crippen MR) is 83.3 cm³/mol. The van der Waals surface area contributed by atoms with E-state index in [0.717, 1.165) is 22.6 Å². The Morgan fingerprint density at radius 2 is 1.40 bits per heavy atom. The Balaban J connectivity index is 2.54. The summed E-state index contributed by atoms with van der Waals surface area (Å²) >= 11 is 3.72. The highest BCUT2D eigenvalue weighted by Crippen LogP contribution is 2.44. The highest BCUT2D eigenvalue weighted by atomic mass is 79.9. The van der Waals surface area contributed by atoms with Crippen molar-refractivity contribution in [2.24, 2.45) is 0 Å². The average molecular weight is 337 g/mol. The molecule has 20 heavy (non-hydrogen) atoms. The van der Waals surface area contributed by atoms with Crippen molar-refractivity contribution >= 4 is 15.9 Å². The van der Waals surface area contributed by atoms with Crippen molar-refractivity contribution in [3.05, 3.63) is 53.6 Å². The Labute approximate surface area is 127 Å². The van der Waals surface area contributed by atoms with Crippen LogP contribution in [0, 0.1) is 0 Å². The van der Waals surface area contributed by atoms with Gasteiger partial charge in [-0.1, -0.05) is 46.3 Å². The molecule has 0 aliphatic rings. The molecule has 0 heterocycles. The molecule has 0 bridgehead atoms. The summed E-state index contributed by atoms with van der Waals surface area (Å²) in [6.07, 6.45) is 0. The first-order valence-electron chi connectivity index (χ1n) is 6.20. The summed E-state index contributed by atoms with van der Waals surface area (Å²) in [7, 11) is 4.90.